The topological polar surface area (TPSA) is 87.6 Å². The van der Waals surface area contributed by atoms with E-state index < -0.39 is 15.9 Å². The Hall–Kier alpha value is -2.51. The van der Waals surface area contributed by atoms with Gasteiger partial charge >= 0.3 is 0 Å². The largest absolute Gasteiger partial charge is 0.272 e. The molecular formula is C17H19N3O3S. The first-order chi connectivity index (χ1) is 11.4. The lowest BCUT2D eigenvalue weighted by Gasteiger charge is -2.06. The van der Waals surface area contributed by atoms with Gasteiger partial charge in [-0.2, -0.15) is 5.10 Å². The van der Waals surface area contributed by atoms with E-state index in [1.54, 1.807) is 25.1 Å². The monoisotopic (exact) mass is 345 g/mol. The maximum absolute atomic E-state index is 12.0. The molecule has 0 saturated heterocycles. The highest BCUT2D eigenvalue weighted by atomic mass is 32.2. The van der Waals surface area contributed by atoms with E-state index in [0.717, 1.165) is 11.1 Å². The summed E-state index contributed by atoms with van der Waals surface area (Å²) in [6.45, 7) is 3.36. The Morgan fingerprint density at radius 1 is 1.04 bits per heavy atom. The van der Waals surface area contributed by atoms with Gasteiger partial charge < -0.3 is 0 Å². The number of hydrazone groups is 1. The number of benzene rings is 2. The first kappa shape index (κ1) is 17.8. The Bertz CT molecular complexity index is 829. The van der Waals surface area contributed by atoms with Crippen LogP contribution in [0.15, 0.2) is 64.6 Å². The molecule has 126 valence electrons. The lowest BCUT2D eigenvalue weighted by Crippen LogP contribution is -2.35. The summed E-state index contributed by atoms with van der Waals surface area (Å²) in [6, 6.07) is 15.6. The maximum atomic E-state index is 12.0. The zero-order chi connectivity index (χ0) is 17.6. The smallest absolute Gasteiger partial charge is 0.255 e. The van der Waals surface area contributed by atoms with Gasteiger partial charge in [-0.1, -0.05) is 48.0 Å². The highest BCUT2D eigenvalue weighted by Gasteiger charge is 2.14. The van der Waals surface area contributed by atoms with Crippen molar-refractivity contribution in [3.05, 3.63) is 65.7 Å². The number of carbonyl (C=O) groups excluding carboxylic acids is 1. The second-order valence-corrected chi connectivity index (χ2v) is 7.00. The fourth-order valence-electron chi connectivity index (χ4n) is 1.89. The minimum absolute atomic E-state index is 0.108. The molecule has 0 aromatic heterocycles. The zero-order valence-corrected chi connectivity index (χ0v) is 14.3. The molecule has 0 radical (unpaired) electrons. The number of nitrogens with one attached hydrogen (secondary N) is 2. The van der Waals surface area contributed by atoms with Crippen molar-refractivity contribution in [2.45, 2.75) is 18.7 Å². The molecule has 0 aliphatic heterocycles. The van der Waals surface area contributed by atoms with Gasteiger partial charge in [-0.25, -0.2) is 18.6 Å². The van der Waals surface area contributed by atoms with E-state index >= 15 is 0 Å². The lowest BCUT2D eigenvalue weighted by molar-refractivity contribution is -0.119. The molecule has 1 amide bonds. The lowest BCUT2D eigenvalue weighted by atomic mass is 10.1. The number of nitrogens with zero attached hydrogens (tertiary/aromatic N) is 1. The van der Waals surface area contributed by atoms with Crippen LogP contribution in [0.3, 0.4) is 0 Å². The first-order valence-electron chi connectivity index (χ1n) is 7.33. The van der Waals surface area contributed by atoms with Crippen LogP contribution in [0.2, 0.25) is 0 Å². The third-order valence-corrected chi connectivity index (χ3v) is 4.71. The average molecular weight is 345 g/mol. The summed E-state index contributed by atoms with van der Waals surface area (Å²) in [7, 11) is -3.71. The molecule has 0 atom stereocenters. The van der Waals surface area contributed by atoms with Crippen molar-refractivity contribution < 1.29 is 13.2 Å². The Morgan fingerprint density at radius 3 is 2.29 bits per heavy atom. The van der Waals surface area contributed by atoms with Crippen LogP contribution in [0.1, 0.15) is 18.1 Å². The Morgan fingerprint density at radius 2 is 1.67 bits per heavy atom. The third-order valence-electron chi connectivity index (χ3n) is 3.29. The molecule has 6 nitrogen and oxygen atoms in total. The van der Waals surface area contributed by atoms with E-state index in [4.69, 9.17) is 0 Å². The molecule has 7 heteroatoms. The van der Waals surface area contributed by atoms with Crippen LogP contribution in [-0.4, -0.2) is 26.6 Å². The molecule has 0 bridgehead atoms. The van der Waals surface area contributed by atoms with Gasteiger partial charge in [0.1, 0.15) is 0 Å². The molecule has 24 heavy (non-hydrogen) atoms. The summed E-state index contributed by atoms with van der Waals surface area (Å²) in [6.07, 6.45) is 0. The standard InChI is InChI=1S/C17H19N3O3S/c1-13-8-10-15(11-9-13)14(2)19-20-17(21)12-18-24(22,23)16-6-4-3-5-7-16/h3-11,18H,12H2,1-2H3,(H,20,21)/b19-14-. The van der Waals surface area contributed by atoms with Crippen LogP contribution >= 0.6 is 0 Å². The summed E-state index contributed by atoms with van der Waals surface area (Å²) in [5.74, 6) is -0.541. The summed E-state index contributed by atoms with van der Waals surface area (Å²) in [5, 5.41) is 3.98. The van der Waals surface area contributed by atoms with Crippen molar-refractivity contribution in [1.82, 2.24) is 10.1 Å². The van der Waals surface area contributed by atoms with Gasteiger partial charge in [0.05, 0.1) is 17.2 Å². The molecule has 0 saturated carbocycles. The predicted molar refractivity (Wildman–Crippen MR) is 93.2 cm³/mol. The van der Waals surface area contributed by atoms with E-state index in [-0.39, 0.29) is 11.4 Å². The van der Waals surface area contributed by atoms with Crippen molar-refractivity contribution in [3.63, 3.8) is 0 Å². The fourth-order valence-corrected chi connectivity index (χ4v) is 2.89. The maximum Gasteiger partial charge on any atom is 0.255 e. The molecule has 0 unspecified atom stereocenters. The zero-order valence-electron chi connectivity index (χ0n) is 13.5. The summed E-state index contributed by atoms with van der Waals surface area (Å²) >= 11 is 0. The van der Waals surface area contributed by atoms with Crippen molar-refractivity contribution >= 4 is 21.6 Å². The van der Waals surface area contributed by atoms with E-state index in [1.807, 2.05) is 31.2 Å². The third kappa shape index (κ3) is 5.00. The Labute approximate surface area is 141 Å². The van der Waals surface area contributed by atoms with Gasteiger partial charge in [0, 0.05) is 0 Å². The second-order valence-electron chi connectivity index (χ2n) is 5.24. The minimum atomic E-state index is -3.71. The molecule has 0 fully saturated rings. The van der Waals surface area contributed by atoms with Crippen LogP contribution in [0.25, 0.3) is 0 Å². The highest BCUT2D eigenvalue weighted by Crippen LogP contribution is 2.06. The van der Waals surface area contributed by atoms with Crippen molar-refractivity contribution in [1.29, 1.82) is 0 Å². The highest BCUT2D eigenvalue weighted by molar-refractivity contribution is 7.89. The molecular weight excluding hydrogens is 326 g/mol. The van der Waals surface area contributed by atoms with E-state index in [2.05, 4.69) is 15.2 Å². The number of amides is 1. The molecule has 0 heterocycles. The molecule has 2 N–H and O–H groups in total. The predicted octanol–water partition coefficient (Wildman–Crippen LogP) is 1.81. The van der Waals surface area contributed by atoms with Crippen molar-refractivity contribution in [3.8, 4) is 0 Å². The van der Waals surface area contributed by atoms with E-state index in [9.17, 15) is 13.2 Å². The van der Waals surface area contributed by atoms with Crippen LogP contribution in [0, 0.1) is 6.92 Å². The molecule has 2 aromatic carbocycles. The van der Waals surface area contributed by atoms with E-state index in [1.165, 1.54) is 12.1 Å². The van der Waals surface area contributed by atoms with Crippen LogP contribution in [0.4, 0.5) is 0 Å². The van der Waals surface area contributed by atoms with Gasteiger partial charge in [0.2, 0.25) is 10.0 Å². The molecule has 2 rings (SSSR count). The Kier molecular flexibility index (Phi) is 5.83. The second kappa shape index (κ2) is 7.85. The van der Waals surface area contributed by atoms with Crippen LogP contribution < -0.4 is 10.1 Å². The number of rotatable bonds is 6. The van der Waals surface area contributed by atoms with Gasteiger partial charge in [0.15, 0.2) is 0 Å². The molecule has 0 aliphatic carbocycles. The van der Waals surface area contributed by atoms with Gasteiger partial charge in [-0.05, 0) is 31.5 Å². The van der Waals surface area contributed by atoms with Crippen LogP contribution in [0.5, 0.6) is 0 Å². The Balaban J connectivity index is 1.91. The molecule has 0 aliphatic rings. The summed E-state index contributed by atoms with van der Waals surface area (Å²) < 4.78 is 26.2. The number of carbonyl (C=O) groups is 1. The van der Waals surface area contributed by atoms with Crippen molar-refractivity contribution in [2.75, 3.05) is 6.54 Å². The quantitative estimate of drug-likeness (QED) is 0.618. The average Bonchev–Trinajstić information content (AvgIpc) is 2.59. The number of hydrogen-bond donors (Lipinski definition) is 2. The number of aryl methyl sites for hydroxylation is 1. The normalized spacial score (nSPS) is 12.0. The molecule has 0 spiro atoms. The minimum Gasteiger partial charge on any atom is -0.272 e. The fraction of sp³-hybridized carbons (Fsp3) is 0.176. The van der Waals surface area contributed by atoms with E-state index in [0.29, 0.717) is 5.71 Å². The van der Waals surface area contributed by atoms with Gasteiger partial charge in [0.25, 0.3) is 5.91 Å². The van der Waals surface area contributed by atoms with Gasteiger partial charge in [-0.15, -0.1) is 0 Å². The van der Waals surface area contributed by atoms with Gasteiger partial charge in [-0.3, -0.25) is 4.79 Å². The number of sulfonamides is 1. The first-order valence-corrected chi connectivity index (χ1v) is 8.82. The number of hydrogen-bond acceptors (Lipinski definition) is 4. The van der Waals surface area contributed by atoms with Crippen LogP contribution in [-0.2, 0) is 14.8 Å². The molecule has 2 aromatic rings. The SMILES string of the molecule is C/C(=N/NC(=O)CNS(=O)(=O)c1ccccc1)c1ccc(C)cc1. The van der Waals surface area contributed by atoms with Crippen molar-refractivity contribution in [2.24, 2.45) is 5.10 Å². The summed E-state index contributed by atoms with van der Waals surface area (Å²) in [4.78, 5) is 11.9. The summed E-state index contributed by atoms with van der Waals surface area (Å²) in [5.41, 5.74) is 4.99.